The highest BCUT2D eigenvalue weighted by atomic mass is 32.2. The van der Waals surface area contributed by atoms with Crippen LogP contribution in [-0.4, -0.2) is 54.3 Å². The average Bonchev–Trinajstić information content (AvgIpc) is 3.00. The van der Waals surface area contributed by atoms with Crippen LogP contribution in [0.15, 0.2) is 29.3 Å². The molecule has 3 rings (SSSR count). The van der Waals surface area contributed by atoms with E-state index in [2.05, 4.69) is 4.99 Å². The standard InChI is InChI=1S/C18H24N2O4S2/c1-12(2)8-17(21)19-18-20(9-13-6-4-5-7-15(13)24-3)14-10-26(22,23)11-16(14)25-18/h4-7,12,14,16H,8-11H2,1-3H3/t14-,16+/m0/s1. The van der Waals surface area contributed by atoms with E-state index in [1.807, 2.05) is 43.0 Å². The first kappa shape index (κ1) is 19.2. The number of rotatable bonds is 5. The number of fused-ring (bicyclic) bond motifs is 1. The van der Waals surface area contributed by atoms with Gasteiger partial charge in [-0.1, -0.05) is 43.8 Å². The number of aliphatic imine (C=N–C) groups is 1. The summed E-state index contributed by atoms with van der Waals surface area (Å²) in [6.45, 7) is 4.43. The van der Waals surface area contributed by atoms with E-state index in [0.717, 1.165) is 11.3 Å². The summed E-state index contributed by atoms with van der Waals surface area (Å²) in [5.41, 5.74) is 0.949. The largest absolute Gasteiger partial charge is 0.496 e. The van der Waals surface area contributed by atoms with Crippen molar-refractivity contribution >= 4 is 32.7 Å². The molecule has 2 atom stereocenters. The SMILES string of the molecule is COc1ccccc1CN1C(=NC(=O)CC(C)C)S[C@@H]2CS(=O)(=O)C[C@@H]21. The van der Waals surface area contributed by atoms with Crippen molar-refractivity contribution in [1.82, 2.24) is 4.90 Å². The summed E-state index contributed by atoms with van der Waals surface area (Å²) in [6, 6.07) is 7.49. The molecule has 0 saturated carbocycles. The number of amides is 1. The summed E-state index contributed by atoms with van der Waals surface area (Å²) < 4.78 is 29.6. The Morgan fingerprint density at radius 3 is 2.77 bits per heavy atom. The van der Waals surface area contributed by atoms with Crippen molar-refractivity contribution in [3.63, 3.8) is 0 Å². The number of para-hydroxylation sites is 1. The van der Waals surface area contributed by atoms with Gasteiger partial charge in [0.2, 0.25) is 5.91 Å². The van der Waals surface area contributed by atoms with Gasteiger partial charge in [0.25, 0.3) is 0 Å². The first-order valence-corrected chi connectivity index (χ1v) is 11.4. The number of amidine groups is 1. The van der Waals surface area contributed by atoms with E-state index in [1.165, 1.54) is 11.8 Å². The van der Waals surface area contributed by atoms with Gasteiger partial charge in [0.1, 0.15) is 5.75 Å². The highest BCUT2D eigenvalue weighted by molar-refractivity contribution is 8.15. The summed E-state index contributed by atoms with van der Waals surface area (Å²) in [6.07, 6.45) is 0.389. The maximum absolute atomic E-state index is 12.2. The molecule has 1 amide bonds. The molecule has 6 nitrogen and oxygen atoms in total. The van der Waals surface area contributed by atoms with Crippen molar-refractivity contribution in [2.45, 2.75) is 38.1 Å². The van der Waals surface area contributed by atoms with E-state index in [-0.39, 0.29) is 34.6 Å². The average molecular weight is 397 g/mol. The van der Waals surface area contributed by atoms with Crippen molar-refractivity contribution in [2.75, 3.05) is 18.6 Å². The van der Waals surface area contributed by atoms with E-state index in [4.69, 9.17) is 4.74 Å². The number of carbonyl (C=O) groups is 1. The number of hydrogen-bond acceptors (Lipinski definition) is 5. The van der Waals surface area contributed by atoms with Crippen LogP contribution < -0.4 is 4.74 Å². The van der Waals surface area contributed by atoms with E-state index >= 15 is 0 Å². The van der Waals surface area contributed by atoms with Crippen LogP contribution >= 0.6 is 11.8 Å². The number of methoxy groups -OCH3 is 1. The molecule has 0 aliphatic carbocycles. The Balaban J connectivity index is 1.90. The maximum Gasteiger partial charge on any atom is 0.248 e. The van der Waals surface area contributed by atoms with Crippen LogP contribution in [0.25, 0.3) is 0 Å². The lowest BCUT2D eigenvalue weighted by molar-refractivity contribution is -0.118. The fraction of sp³-hybridized carbons (Fsp3) is 0.556. The number of ether oxygens (including phenoxy) is 1. The molecular formula is C18H24N2O4S2. The number of sulfone groups is 1. The quantitative estimate of drug-likeness (QED) is 0.760. The van der Waals surface area contributed by atoms with Crippen molar-refractivity contribution in [1.29, 1.82) is 0 Å². The monoisotopic (exact) mass is 396 g/mol. The van der Waals surface area contributed by atoms with Gasteiger partial charge in [-0.25, -0.2) is 8.42 Å². The van der Waals surface area contributed by atoms with Crippen LogP contribution in [0.5, 0.6) is 5.75 Å². The fourth-order valence-corrected chi connectivity index (χ4v) is 7.31. The van der Waals surface area contributed by atoms with Gasteiger partial charge >= 0.3 is 0 Å². The van der Waals surface area contributed by atoms with Crippen LogP contribution in [0.4, 0.5) is 0 Å². The molecule has 0 unspecified atom stereocenters. The third-order valence-corrected chi connectivity index (χ3v) is 7.76. The van der Waals surface area contributed by atoms with Crippen molar-refractivity contribution in [3.05, 3.63) is 29.8 Å². The molecule has 0 N–H and O–H groups in total. The van der Waals surface area contributed by atoms with Gasteiger partial charge in [0, 0.05) is 23.8 Å². The predicted octanol–water partition coefficient (Wildman–Crippen LogP) is 2.34. The highest BCUT2D eigenvalue weighted by Crippen LogP contribution is 2.39. The zero-order valence-corrected chi connectivity index (χ0v) is 16.8. The topological polar surface area (TPSA) is 76.0 Å². The lowest BCUT2D eigenvalue weighted by atomic mass is 10.1. The third-order valence-electron chi connectivity index (χ3n) is 4.51. The summed E-state index contributed by atoms with van der Waals surface area (Å²) in [5, 5.41) is 0.562. The van der Waals surface area contributed by atoms with Gasteiger partial charge in [-0.05, 0) is 12.0 Å². The lowest BCUT2D eigenvalue weighted by Crippen LogP contribution is -2.37. The summed E-state index contributed by atoms with van der Waals surface area (Å²) in [7, 11) is -1.44. The van der Waals surface area contributed by atoms with Gasteiger partial charge in [-0.15, -0.1) is 0 Å². The van der Waals surface area contributed by atoms with Gasteiger partial charge in [-0.2, -0.15) is 4.99 Å². The van der Waals surface area contributed by atoms with Crippen LogP contribution in [0.3, 0.4) is 0 Å². The van der Waals surface area contributed by atoms with E-state index < -0.39 is 9.84 Å². The minimum absolute atomic E-state index is 0.0692. The Kier molecular flexibility index (Phi) is 5.62. The normalized spacial score (nSPS) is 25.7. The van der Waals surface area contributed by atoms with E-state index in [0.29, 0.717) is 18.1 Å². The highest BCUT2D eigenvalue weighted by Gasteiger charge is 2.48. The minimum Gasteiger partial charge on any atom is -0.496 e. The molecular weight excluding hydrogens is 372 g/mol. The van der Waals surface area contributed by atoms with Crippen molar-refractivity contribution < 1.29 is 17.9 Å². The number of carbonyl (C=O) groups excluding carboxylic acids is 1. The molecule has 8 heteroatoms. The smallest absolute Gasteiger partial charge is 0.248 e. The second-order valence-electron chi connectivity index (χ2n) is 7.13. The molecule has 2 saturated heterocycles. The molecule has 0 radical (unpaired) electrons. The first-order valence-electron chi connectivity index (χ1n) is 8.66. The van der Waals surface area contributed by atoms with Crippen molar-refractivity contribution in [3.8, 4) is 5.75 Å². The third kappa shape index (κ3) is 4.23. The van der Waals surface area contributed by atoms with E-state index in [1.54, 1.807) is 7.11 Å². The molecule has 2 heterocycles. The Hall–Kier alpha value is -1.54. The minimum atomic E-state index is -3.05. The fourth-order valence-electron chi connectivity index (χ4n) is 3.34. The van der Waals surface area contributed by atoms with Gasteiger partial charge in [-0.3, -0.25) is 4.79 Å². The molecule has 2 fully saturated rings. The van der Waals surface area contributed by atoms with Crippen LogP contribution in [0.1, 0.15) is 25.8 Å². The molecule has 1 aromatic carbocycles. The molecule has 0 bridgehead atoms. The molecule has 2 aliphatic heterocycles. The Bertz CT molecular complexity index is 820. The molecule has 142 valence electrons. The molecule has 0 spiro atoms. The number of hydrogen-bond donors (Lipinski definition) is 0. The molecule has 1 aromatic rings. The number of nitrogens with zero attached hydrogens (tertiary/aromatic N) is 2. The first-order chi connectivity index (χ1) is 12.3. The predicted molar refractivity (Wildman–Crippen MR) is 104 cm³/mol. The van der Waals surface area contributed by atoms with Crippen LogP contribution in [0.2, 0.25) is 0 Å². The second kappa shape index (κ2) is 7.60. The van der Waals surface area contributed by atoms with E-state index in [9.17, 15) is 13.2 Å². The van der Waals surface area contributed by atoms with Crippen molar-refractivity contribution in [2.24, 2.45) is 10.9 Å². The summed E-state index contributed by atoms with van der Waals surface area (Å²) in [4.78, 5) is 18.5. The van der Waals surface area contributed by atoms with Gasteiger partial charge in [0.05, 0.1) is 24.7 Å². The zero-order chi connectivity index (χ0) is 18.9. The van der Waals surface area contributed by atoms with Gasteiger partial charge < -0.3 is 9.64 Å². The summed E-state index contributed by atoms with van der Waals surface area (Å²) in [5.74, 6) is 1.07. The zero-order valence-electron chi connectivity index (χ0n) is 15.2. The molecule has 0 aromatic heterocycles. The van der Waals surface area contributed by atoms with Crippen LogP contribution in [0, 0.1) is 5.92 Å². The Labute approximate surface area is 158 Å². The maximum atomic E-state index is 12.2. The molecule has 26 heavy (non-hydrogen) atoms. The van der Waals surface area contributed by atoms with Gasteiger partial charge in [0.15, 0.2) is 15.0 Å². The van der Waals surface area contributed by atoms with Crippen LogP contribution in [-0.2, 0) is 21.2 Å². The number of thioether (sulfide) groups is 1. The lowest BCUT2D eigenvalue weighted by Gasteiger charge is -2.25. The number of benzene rings is 1. The Morgan fingerprint density at radius 1 is 1.35 bits per heavy atom. The summed E-state index contributed by atoms with van der Waals surface area (Å²) >= 11 is 1.41. The Morgan fingerprint density at radius 2 is 2.08 bits per heavy atom. The second-order valence-corrected chi connectivity index (χ2v) is 10.5. The molecule has 2 aliphatic rings.